The molecule has 1 heterocycles. The van der Waals surface area contributed by atoms with Crippen molar-refractivity contribution in [1.82, 2.24) is 5.32 Å². The molecule has 1 amide bonds. The number of phenols is 1. The van der Waals surface area contributed by atoms with Gasteiger partial charge in [-0.15, -0.1) is 12.4 Å². The number of benzene rings is 1. The van der Waals surface area contributed by atoms with E-state index in [1.165, 1.54) is 0 Å². The van der Waals surface area contributed by atoms with Gasteiger partial charge in [-0.2, -0.15) is 0 Å². The first kappa shape index (κ1) is 11.7. The van der Waals surface area contributed by atoms with Crippen molar-refractivity contribution in [2.24, 2.45) is 0 Å². The quantitative estimate of drug-likeness (QED) is 0.774. The van der Waals surface area contributed by atoms with Crippen molar-refractivity contribution in [3.63, 3.8) is 0 Å². The Morgan fingerprint density at radius 1 is 1.40 bits per heavy atom. The Morgan fingerprint density at radius 2 is 2.13 bits per heavy atom. The summed E-state index contributed by atoms with van der Waals surface area (Å²) in [6, 6.07) is 6.84. The minimum Gasteiger partial charge on any atom is -0.508 e. The number of phenolic OH excluding ortho intramolecular Hbond substituents is 1. The lowest BCUT2D eigenvalue weighted by Crippen LogP contribution is -2.35. The number of hydrogen-bond acceptors (Lipinski definition) is 3. The molecule has 1 aromatic rings. The normalized spacial score (nSPS) is 19.7. The molecule has 1 aliphatic rings. The molecule has 0 radical (unpaired) electrons. The number of carbonyl (C=O) groups excluding carboxylic acids is 1. The Kier molecular flexibility index (Phi) is 3.80. The first-order valence-electron chi connectivity index (χ1n) is 4.48. The monoisotopic (exact) mass is 229 g/mol. The predicted octanol–water partition coefficient (Wildman–Crippen LogP) is 1.98. The van der Waals surface area contributed by atoms with Crippen molar-refractivity contribution < 1.29 is 14.6 Å². The predicted molar refractivity (Wildman–Crippen MR) is 57.2 cm³/mol. The maximum Gasteiger partial charge on any atom is 0.407 e. The molecule has 1 aliphatic heterocycles. The first-order valence-corrected chi connectivity index (χ1v) is 4.48. The largest absolute Gasteiger partial charge is 0.508 e. The summed E-state index contributed by atoms with van der Waals surface area (Å²) in [5.41, 5.74) is 0.740. The summed E-state index contributed by atoms with van der Waals surface area (Å²) in [5.74, 6) is 0.208. The fraction of sp³-hybridized carbons (Fsp3) is 0.300. The number of hydrogen-bond donors (Lipinski definition) is 2. The van der Waals surface area contributed by atoms with Crippen LogP contribution in [0, 0.1) is 0 Å². The Bertz CT molecular complexity index is 356. The van der Waals surface area contributed by atoms with Crippen LogP contribution in [0.1, 0.15) is 18.0 Å². The number of para-hydroxylation sites is 1. The van der Waals surface area contributed by atoms with E-state index in [1.54, 1.807) is 18.2 Å². The molecule has 15 heavy (non-hydrogen) atoms. The van der Waals surface area contributed by atoms with Gasteiger partial charge in [0, 0.05) is 12.0 Å². The molecule has 1 saturated heterocycles. The summed E-state index contributed by atoms with van der Waals surface area (Å²) in [7, 11) is 0. The van der Waals surface area contributed by atoms with Crippen LogP contribution >= 0.6 is 12.4 Å². The third-order valence-electron chi connectivity index (χ3n) is 2.24. The van der Waals surface area contributed by atoms with Gasteiger partial charge >= 0.3 is 6.09 Å². The molecular formula is C10H12ClNO3. The van der Waals surface area contributed by atoms with Crippen LogP contribution in [0.3, 0.4) is 0 Å². The van der Waals surface area contributed by atoms with E-state index >= 15 is 0 Å². The zero-order valence-corrected chi connectivity index (χ0v) is 8.79. The Labute approximate surface area is 93.7 Å². The van der Waals surface area contributed by atoms with Crippen molar-refractivity contribution in [3.8, 4) is 5.75 Å². The minimum atomic E-state index is -0.426. The van der Waals surface area contributed by atoms with E-state index in [4.69, 9.17) is 4.74 Å². The number of alkyl carbamates (subject to hydrolysis) is 1. The SMILES string of the molecule is Cl.O=C1N[C@@H](c2ccccc2O)CCO1. The molecule has 0 unspecified atom stereocenters. The number of amides is 1. The molecule has 4 nitrogen and oxygen atoms in total. The summed E-state index contributed by atoms with van der Waals surface area (Å²) in [6.07, 6.45) is 0.257. The number of halogens is 1. The number of ether oxygens (including phenoxy) is 1. The molecular weight excluding hydrogens is 218 g/mol. The van der Waals surface area contributed by atoms with Gasteiger partial charge in [-0.3, -0.25) is 0 Å². The molecule has 1 aromatic carbocycles. The highest BCUT2D eigenvalue weighted by atomic mass is 35.5. The Hall–Kier alpha value is -1.42. The van der Waals surface area contributed by atoms with E-state index in [1.807, 2.05) is 6.07 Å². The first-order chi connectivity index (χ1) is 6.77. The van der Waals surface area contributed by atoms with Crippen LogP contribution in [0.15, 0.2) is 24.3 Å². The molecule has 1 atom stereocenters. The molecule has 0 spiro atoms. The van der Waals surface area contributed by atoms with Gasteiger partial charge in [-0.05, 0) is 6.07 Å². The van der Waals surface area contributed by atoms with Gasteiger partial charge in [0.25, 0.3) is 0 Å². The highest BCUT2D eigenvalue weighted by molar-refractivity contribution is 5.85. The van der Waals surface area contributed by atoms with Crippen molar-refractivity contribution in [1.29, 1.82) is 0 Å². The summed E-state index contributed by atoms with van der Waals surface area (Å²) in [6.45, 7) is 0.394. The van der Waals surface area contributed by atoms with Gasteiger partial charge in [0.15, 0.2) is 0 Å². The minimum absolute atomic E-state index is 0. The summed E-state index contributed by atoms with van der Waals surface area (Å²) < 4.78 is 4.74. The summed E-state index contributed by atoms with van der Waals surface area (Å²) in [4.78, 5) is 10.9. The maximum absolute atomic E-state index is 10.9. The van der Waals surface area contributed by atoms with E-state index < -0.39 is 6.09 Å². The summed E-state index contributed by atoms with van der Waals surface area (Å²) >= 11 is 0. The van der Waals surface area contributed by atoms with Crippen molar-refractivity contribution in [2.75, 3.05) is 6.61 Å². The van der Waals surface area contributed by atoms with Crippen molar-refractivity contribution in [3.05, 3.63) is 29.8 Å². The molecule has 2 rings (SSSR count). The molecule has 0 aliphatic carbocycles. The van der Waals surface area contributed by atoms with E-state index in [9.17, 15) is 9.90 Å². The average molecular weight is 230 g/mol. The van der Waals surface area contributed by atoms with Gasteiger partial charge in [0.2, 0.25) is 0 Å². The fourth-order valence-electron chi connectivity index (χ4n) is 1.54. The number of carbonyl (C=O) groups is 1. The smallest absolute Gasteiger partial charge is 0.407 e. The van der Waals surface area contributed by atoms with Crippen molar-refractivity contribution >= 4 is 18.5 Å². The maximum atomic E-state index is 10.9. The zero-order chi connectivity index (χ0) is 9.97. The van der Waals surface area contributed by atoms with Gasteiger partial charge in [0.1, 0.15) is 5.75 Å². The molecule has 0 saturated carbocycles. The van der Waals surface area contributed by atoms with Crippen LogP contribution in [0.4, 0.5) is 4.79 Å². The topological polar surface area (TPSA) is 58.6 Å². The molecule has 0 bridgehead atoms. The zero-order valence-electron chi connectivity index (χ0n) is 7.97. The summed E-state index contributed by atoms with van der Waals surface area (Å²) in [5, 5.41) is 12.2. The second-order valence-electron chi connectivity index (χ2n) is 3.18. The third kappa shape index (κ3) is 2.53. The lowest BCUT2D eigenvalue weighted by molar-refractivity contribution is 0.115. The van der Waals surface area contributed by atoms with Crippen LogP contribution in [0.2, 0.25) is 0 Å². The van der Waals surface area contributed by atoms with E-state index in [2.05, 4.69) is 5.32 Å². The van der Waals surface area contributed by atoms with Crippen LogP contribution < -0.4 is 5.32 Å². The van der Waals surface area contributed by atoms with Crippen LogP contribution in [-0.2, 0) is 4.74 Å². The van der Waals surface area contributed by atoms with Gasteiger partial charge < -0.3 is 15.2 Å². The number of nitrogens with one attached hydrogen (secondary N) is 1. The van der Waals surface area contributed by atoms with E-state index in [0.717, 1.165) is 5.56 Å². The molecule has 5 heteroatoms. The van der Waals surface area contributed by atoms with Crippen LogP contribution in [0.5, 0.6) is 5.75 Å². The lowest BCUT2D eigenvalue weighted by Gasteiger charge is -2.24. The van der Waals surface area contributed by atoms with Gasteiger partial charge in [-0.1, -0.05) is 18.2 Å². The Morgan fingerprint density at radius 3 is 2.80 bits per heavy atom. The van der Waals surface area contributed by atoms with E-state index in [-0.39, 0.29) is 24.2 Å². The standard InChI is InChI=1S/C10H11NO3.ClH/c12-9-4-2-1-3-7(9)8-5-6-14-10(13)11-8;/h1-4,8,12H,5-6H2,(H,11,13);1H/t8-;/m1./s1. The molecule has 82 valence electrons. The third-order valence-corrected chi connectivity index (χ3v) is 2.24. The van der Waals surface area contributed by atoms with Crippen LogP contribution in [0.25, 0.3) is 0 Å². The highest BCUT2D eigenvalue weighted by Crippen LogP contribution is 2.27. The van der Waals surface area contributed by atoms with E-state index in [0.29, 0.717) is 13.0 Å². The van der Waals surface area contributed by atoms with Gasteiger partial charge in [-0.25, -0.2) is 4.79 Å². The number of cyclic esters (lactones) is 1. The molecule has 1 fully saturated rings. The number of aromatic hydroxyl groups is 1. The van der Waals surface area contributed by atoms with Gasteiger partial charge in [0.05, 0.1) is 12.6 Å². The second-order valence-corrected chi connectivity index (χ2v) is 3.18. The fourth-order valence-corrected chi connectivity index (χ4v) is 1.54. The molecule has 0 aromatic heterocycles. The highest BCUT2D eigenvalue weighted by Gasteiger charge is 2.22. The lowest BCUT2D eigenvalue weighted by atomic mass is 10.0. The average Bonchev–Trinajstić information content (AvgIpc) is 2.18. The second kappa shape index (κ2) is 4.89. The number of rotatable bonds is 1. The van der Waals surface area contributed by atoms with Crippen molar-refractivity contribution in [2.45, 2.75) is 12.5 Å². The Balaban J connectivity index is 0.00000112. The molecule has 2 N–H and O–H groups in total. The van der Waals surface area contributed by atoms with Crippen LogP contribution in [-0.4, -0.2) is 17.8 Å².